The van der Waals surface area contributed by atoms with Crippen molar-refractivity contribution in [3.05, 3.63) is 30.0 Å². The Bertz CT molecular complexity index is 687. The van der Waals surface area contributed by atoms with Crippen molar-refractivity contribution >= 4 is 17.7 Å². The molecule has 0 fully saturated rings. The predicted molar refractivity (Wildman–Crippen MR) is 81.0 cm³/mol. The van der Waals surface area contributed by atoms with E-state index in [1.54, 1.807) is 24.4 Å². The van der Waals surface area contributed by atoms with Gasteiger partial charge in [-0.25, -0.2) is 0 Å². The summed E-state index contributed by atoms with van der Waals surface area (Å²) in [5, 5.41) is 6.35. The molecule has 7 heteroatoms. The minimum Gasteiger partial charge on any atom is -0.365 e. The third kappa shape index (κ3) is 3.69. The number of rotatable bonds is 4. The van der Waals surface area contributed by atoms with Crippen LogP contribution in [0.5, 0.6) is 0 Å². The minimum absolute atomic E-state index is 0.0148. The number of nitrogens with one attached hydrogen (secondary N) is 1. The Labute approximate surface area is 127 Å². The molecular weight excluding hydrogens is 284 g/mol. The van der Waals surface area contributed by atoms with Crippen LogP contribution in [0.3, 0.4) is 0 Å². The van der Waals surface area contributed by atoms with Gasteiger partial charge in [0.15, 0.2) is 0 Å². The zero-order valence-electron chi connectivity index (χ0n) is 12.7. The molecule has 2 amide bonds. The molecule has 116 valence electrons. The van der Waals surface area contributed by atoms with Gasteiger partial charge in [-0.2, -0.15) is 0 Å². The van der Waals surface area contributed by atoms with E-state index < -0.39 is 5.91 Å². The van der Waals surface area contributed by atoms with Crippen LogP contribution in [0, 0.1) is 5.41 Å². The van der Waals surface area contributed by atoms with Crippen molar-refractivity contribution in [2.45, 2.75) is 27.2 Å². The van der Waals surface area contributed by atoms with E-state index in [0.29, 0.717) is 5.69 Å². The van der Waals surface area contributed by atoms with Crippen molar-refractivity contribution in [3.63, 3.8) is 0 Å². The molecular formula is C15H18N4O3. The maximum atomic E-state index is 12.0. The highest BCUT2D eigenvalue weighted by molar-refractivity contribution is 6.05. The van der Waals surface area contributed by atoms with Gasteiger partial charge in [0.05, 0.1) is 5.69 Å². The standard InChI is InChI=1S/C15H18N4O3/c1-15(2,3)8-10(20)18-14-11(13(16)21)12(19-22-14)9-6-4-5-7-17-9/h4-7H,8H2,1-3H3,(H2,16,21)(H,18,20). The van der Waals surface area contributed by atoms with Gasteiger partial charge in [-0.15, -0.1) is 0 Å². The van der Waals surface area contributed by atoms with E-state index in [9.17, 15) is 9.59 Å². The van der Waals surface area contributed by atoms with Crippen LogP contribution in [-0.2, 0) is 4.79 Å². The number of primary amides is 1. The summed E-state index contributed by atoms with van der Waals surface area (Å²) in [5.41, 5.74) is 5.85. The highest BCUT2D eigenvalue weighted by Gasteiger charge is 2.25. The number of hydrogen-bond donors (Lipinski definition) is 2. The molecule has 0 spiro atoms. The minimum atomic E-state index is -0.743. The fraction of sp³-hybridized carbons (Fsp3) is 0.333. The Morgan fingerprint density at radius 3 is 2.59 bits per heavy atom. The number of anilines is 1. The Kier molecular flexibility index (Phi) is 4.25. The van der Waals surface area contributed by atoms with Crippen molar-refractivity contribution < 1.29 is 14.1 Å². The first-order valence-corrected chi connectivity index (χ1v) is 6.78. The number of carbonyl (C=O) groups is 2. The third-order valence-electron chi connectivity index (χ3n) is 2.79. The third-order valence-corrected chi connectivity index (χ3v) is 2.79. The quantitative estimate of drug-likeness (QED) is 0.899. The first-order valence-electron chi connectivity index (χ1n) is 6.78. The second kappa shape index (κ2) is 5.97. The predicted octanol–water partition coefficient (Wildman–Crippen LogP) is 2.21. The second-order valence-corrected chi connectivity index (χ2v) is 6.10. The van der Waals surface area contributed by atoms with Crippen molar-refractivity contribution in [1.82, 2.24) is 10.1 Å². The lowest BCUT2D eigenvalue weighted by Crippen LogP contribution is -2.21. The maximum absolute atomic E-state index is 12.0. The zero-order valence-corrected chi connectivity index (χ0v) is 12.7. The molecule has 0 bridgehead atoms. The number of aromatic nitrogens is 2. The Balaban J connectivity index is 2.32. The normalized spacial score (nSPS) is 11.2. The van der Waals surface area contributed by atoms with E-state index in [1.807, 2.05) is 20.8 Å². The average molecular weight is 302 g/mol. The van der Waals surface area contributed by atoms with E-state index in [0.717, 1.165) is 0 Å². The Morgan fingerprint density at radius 2 is 2.05 bits per heavy atom. The van der Waals surface area contributed by atoms with E-state index in [1.165, 1.54) is 0 Å². The molecule has 0 atom stereocenters. The van der Waals surface area contributed by atoms with Gasteiger partial charge in [-0.1, -0.05) is 32.0 Å². The summed E-state index contributed by atoms with van der Waals surface area (Å²) in [6.45, 7) is 5.80. The van der Waals surface area contributed by atoms with Crippen LogP contribution in [0.4, 0.5) is 5.88 Å². The van der Waals surface area contributed by atoms with Gasteiger partial charge in [-0.3, -0.25) is 19.9 Å². The van der Waals surface area contributed by atoms with E-state index >= 15 is 0 Å². The molecule has 22 heavy (non-hydrogen) atoms. The fourth-order valence-corrected chi connectivity index (χ4v) is 1.93. The number of carbonyl (C=O) groups excluding carboxylic acids is 2. The number of nitrogens with two attached hydrogens (primary N) is 1. The van der Waals surface area contributed by atoms with Crippen LogP contribution in [-0.4, -0.2) is 22.0 Å². The van der Waals surface area contributed by atoms with Gasteiger partial charge < -0.3 is 10.3 Å². The summed E-state index contributed by atoms with van der Waals surface area (Å²) >= 11 is 0. The molecule has 0 aromatic carbocycles. The van der Waals surface area contributed by atoms with E-state index in [4.69, 9.17) is 10.3 Å². The SMILES string of the molecule is CC(C)(C)CC(=O)Nc1onc(-c2ccccn2)c1C(N)=O. The first-order chi connectivity index (χ1) is 10.3. The van der Waals surface area contributed by atoms with E-state index in [2.05, 4.69) is 15.5 Å². The summed E-state index contributed by atoms with van der Waals surface area (Å²) in [6.07, 6.45) is 1.83. The molecule has 0 radical (unpaired) electrons. The van der Waals surface area contributed by atoms with Crippen LogP contribution in [0.25, 0.3) is 11.4 Å². The van der Waals surface area contributed by atoms with Crippen molar-refractivity contribution in [3.8, 4) is 11.4 Å². The Morgan fingerprint density at radius 1 is 1.32 bits per heavy atom. The highest BCUT2D eigenvalue weighted by atomic mass is 16.5. The van der Waals surface area contributed by atoms with Crippen molar-refractivity contribution in [2.24, 2.45) is 11.1 Å². The van der Waals surface area contributed by atoms with Crippen molar-refractivity contribution in [1.29, 1.82) is 0 Å². The van der Waals surface area contributed by atoms with Gasteiger partial charge in [0, 0.05) is 12.6 Å². The van der Waals surface area contributed by atoms with E-state index in [-0.39, 0.29) is 34.9 Å². The summed E-state index contributed by atoms with van der Waals surface area (Å²) in [7, 11) is 0. The summed E-state index contributed by atoms with van der Waals surface area (Å²) < 4.78 is 5.07. The molecule has 2 aromatic rings. The summed E-state index contributed by atoms with van der Waals surface area (Å²) in [4.78, 5) is 27.8. The second-order valence-electron chi connectivity index (χ2n) is 6.10. The van der Waals surface area contributed by atoms with Crippen molar-refractivity contribution in [2.75, 3.05) is 5.32 Å². The lowest BCUT2D eigenvalue weighted by atomic mass is 9.92. The number of nitrogens with zero attached hydrogens (tertiary/aromatic N) is 2. The van der Waals surface area contributed by atoms with Gasteiger partial charge in [0.2, 0.25) is 11.8 Å². The molecule has 0 aliphatic rings. The monoisotopic (exact) mass is 302 g/mol. The van der Waals surface area contributed by atoms with Crippen LogP contribution >= 0.6 is 0 Å². The number of amides is 2. The molecule has 2 heterocycles. The molecule has 0 aliphatic carbocycles. The fourth-order valence-electron chi connectivity index (χ4n) is 1.93. The van der Waals surface area contributed by atoms with Crippen LogP contribution in [0.1, 0.15) is 37.6 Å². The average Bonchev–Trinajstić information content (AvgIpc) is 2.81. The molecule has 0 unspecified atom stereocenters. The largest absolute Gasteiger partial charge is 0.365 e. The topological polar surface area (TPSA) is 111 Å². The summed E-state index contributed by atoms with van der Waals surface area (Å²) in [5.74, 6) is -1.07. The van der Waals surface area contributed by atoms with Crippen LogP contribution < -0.4 is 11.1 Å². The zero-order chi connectivity index (χ0) is 16.3. The molecule has 0 saturated heterocycles. The van der Waals surface area contributed by atoms with Gasteiger partial charge in [-0.05, 0) is 17.5 Å². The molecule has 0 saturated carbocycles. The lowest BCUT2D eigenvalue weighted by Gasteiger charge is -2.16. The Hall–Kier alpha value is -2.70. The molecule has 7 nitrogen and oxygen atoms in total. The molecule has 2 aromatic heterocycles. The first kappa shape index (κ1) is 15.7. The molecule has 0 aliphatic heterocycles. The maximum Gasteiger partial charge on any atom is 0.256 e. The van der Waals surface area contributed by atoms with Crippen LogP contribution in [0.2, 0.25) is 0 Å². The van der Waals surface area contributed by atoms with Gasteiger partial charge in [0.1, 0.15) is 11.3 Å². The van der Waals surface area contributed by atoms with Crippen LogP contribution in [0.15, 0.2) is 28.9 Å². The van der Waals surface area contributed by atoms with Gasteiger partial charge in [0.25, 0.3) is 5.91 Å². The lowest BCUT2D eigenvalue weighted by molar-refractivity contribution is -0.117. The summed E-state index contributed by atoms with van der Waals surface area (Å²) in [6, 6.07) is 5.16. The number of pyridine rings is 1. The van der Waals surface area contributed by atoms with Gasteiger partial charge >= 0.3 is 0 Å². The smallest absolute Gasteiger partial charge is 0.256 e. The highest BCUT2D eigenvalue weighted by Crippen LogP contribution is 2.28. The molecule has 3 N–H and O–H groups in total. The number of hydrogen-bond acceptors (Lipinski definition) is 5. The molecule has 2 rings (SSSR count).